The summed E-state index contributed by atoms with van der Waals surface area (Å²) in [4.78, 5) is 14.8. The number of terminal acetylenes is 1. The number of hydrogen-bond acceptors (Lipinski definition) is 2. The van der Waals surface area contributed by atoms with Crippen LogP contribution in [0.25, 0.3) is 0 Å². The van der Waals surface area contributed by atoms with E-state index in [0.717, 1.165) is 12.1 Å². The molecule has 1 N–H and O–H groups in total. The molecule has 0 unspecified atom stereocenters. The van der Waals surface area contributed by atoms with E-state index in [-0.39, 0.29) is 5.91 Å². The first-order chi connectivity index (χ1) is 11.7. The van der Waals surface area contributed by atoms with Crippen LogP contribution in [-0.2, 0) is 6.54 Å². The molecule has 24 heavy (non-hydrogen) atoms. The molecule has 0 atom stereocenters. The maximum absolute atomic E-state index is 12.3. The molecule has 0 bridgehead atoms. The first-order valence-electron chi connectivity index (χ1n) is 8.44. The number of nitrogens with one attached hydrogen (secondary N) is 1. The fourth-order valence-corrected chi connectivity index (χ4v) is 3.03. The summed E-state index contributed by atoms with van der Waals surface area (Å²) >= 11 is 0. The van der Waals surface area contributed by atoms with Gasteiger partial charge in [0.15, 0.2) is 0 Å². The van der Waals surface area contributed by atoms with Gasteiger partial charge in [-0.1, -0.05) is 30.5 Å². The Bertz CT molecular complexity index is 737. The number of rotatable bonds is 4. The highest BCUT2D eigenvalue weighted by molar-refractivity contribution is 6.04. The quantitative estimate of drug-likeness (QED) is 0.867. The van der Waals surface area contributed by atoms with Crippen LogP contribution in [0, 0.1) is 12.3 Å². The number of hydrogen-bond donors (Lipinski definition) is 1. The van der Waals surface area contributed by atoms with Crippen LogP contribution in [0.2, 0.25) is 0 Å². The Hall–Kier alpha value is -2.57. The Balaban J connectivity index is 1.62. The number of carbonyl (C=O) groups excluding carboxylic acids is 1. The minimum absolute atomic E-state index is 0.117. The average molecular weight is 318 g/mol. The van der Waals surface area contributed by atoms with Crippen LogP contribution >= 0.6 is 0 Å². The maximum atomic E-state index is 12.3. The molecule has 1 saturated heterocycles. The second-order valence-corrected chi connectivity index (χ2v) is 6.21. The smallest absolute Gasteiger partial charge is 0.255 e. The van der Waals surface area contributed by atoms with E-state index in [0.29, 0.717) is 11.3 Å². The zero-order chi connectivity index (χ0) is 16.8. The van der Waals surface area contributed by atoms with Crippen molar-refractivity contribution < 1.29 is 4.79 Å². The van der Waals surface area contributed by atoms with E-state index in [2.05, 4.69) is 16.1 Å². The Morgan fingerprint density at radius 3 is 2.54 bits per heavy atom. The molecule has 1 fully saturated rings. The van der Waals surface area contributed by atoms with Crippen LogP contribution in [-0.4, -0.2) is 23.9 Å². The fourth-order valence-electron chi connectivity index (χ4n) is 3.03. The van der Waals surface area contributed by atoms with Crippen molar-refractivity contribution in [3.8, 4) is 12.3 Å². The van der Waals surface area contributed by atoms with Crippen molar-refractivity contribution in [3.63, 3.8) is 0 Å². The molecule has 3 rings (SSSR count). The molecule has 3 heteroatoms. The number of piperidine rings is 1. The predicted molar refractivity (Wildman–Crippen MR) is 97.9 cm³/mol. The lowest BCUT2D eigenvalue weighted by Gasteiger charge is -2.26. The number of benzene rings is 2. The van der Waals surface area contributed by atoms with Crippen molar-refractivity contribution in [2.24, 2.45) is 0 Å². The summed E-state index contributed by atoms with van der Waals surface area (Å²) in [6.45, 7) is 3.31. The van der Waals surface area contributed by atoms with E-state index in [1.54, 1.807) is 6.07 Å². The van der Waals surface area contributed by atoms with Crippen molar-refractivity contribution in [3.05, 3.63) is 65.2 Å². The van der Waals surface area contributed by atoms with Gasteiger partial charge < -0.3 is 5.32 Å². The highest BCUT2D eigenvalue weighted by Gasteiger charge is 2.11. The van der Waals surface area contributed by atoms with E-state index >= 15 is 0 Å². The van der Waals surface area contributed by atoms with Gasteiger partial charge in [-0.3, -0.25) is 9.69 Å². The summed E-state index contributed by atoms with van der Waals surface area (Å²) in [5.74, 6) is 2.45. The van der Waals surface area contributed by atoms with E-state index in [1.807, 2.05) is 42.5 Å². The molecule has 0 aromatic heterocycles. The standard InChI is InChI=1S/C21H22N2O/c1-2-17-7-6-8-20(15-17)22-21(24)19-11-9-18(10-12-19)16-23-13-4-3-5-14-23/h1,6-12,15H,3-5,13-14,16H2,(H,22,24). The van der Waals surface area contributed by atoms with Crippen LogP contribution in [0.4, 0.5) is 5.69 Å². The van der Waals surface area contributed by atoms with Gasteiger partial charge in [-0.25, -0.2) is 0 Å². The zero-order valence-electron chi connectivity index (χ0n) is 13.8. The molecule has 1 aliphatic rings. The summed E-state index contributed by atoms with van der Waals surface area (Å²) in [7, 11) is 0. The number of likely N-dealkylation sites (tertiary alicyclic amines) is 1. The van der Waals surface area contributed by atoms with Gasteiger partial charge in [-0.2, -0.15) is 0 Å². The molecule has 2 aromatic carbocycles. The molecular formula is C21H22N2O. The second-order valence-electron chi connectivity index (χ2n) is 6.21. The molecule has 0 saturated carbocycles. The van der Waals surface area contributed by atoms with Crippen LogP contribution < -0.4 is 5.32 Å². The summed E-state index contributed by atoms with van der Waals surface area (Å²) in [5.41, 5.74) is 3.38. The number of amides is 1. The van der Waals surface area contributed by atoms with Crippen molar-refractivity contribution in [1.82, 2.24) is 4.90 Å². The molecular weight excluding hydrogens is 296 g/mol. The first-order valence-corrected chi connectivity index (χ1v) is 8.44. The maximum Gasteiger partial charge on any atom is 0.255 e. The third kappa shape index (κ3) is 4.24. The molecule has 122 valence electrons. The van der Waals surface area contributed by atoms with E-state index in [1.165, 1.54) is 37.9 Å². The lowest BCUT2D eigenvalue weighted by Crippen LogP contribution is -2.29. The van der Waals surface area contributed by atoms with E-state index in [4.69, 9.17) is 6.42 Å². The molecule has 1 aliphatic heterocycles. The highest BCUT2D eigenvalue weighted by Crippen LogP contribution is 2.15. The summed E-state index contributed by atoms with van der Waals surface area (Å²) < 4.78 is 0. The molecule has 0 spiro atoms. The predicted octanol–water partition coefficient (Wildman–Crippen LogP) is 3.91. The van der Waals surface area contributed by atoms with Gasteiger partial charge in [-0.05, 0) is 61.8 Å². The Morgan fingerprint density at radius 2 is 1.83 bits per heavy atom. The van der Waals surface area contributed by atoms with Gasteiger partial charge in [0.05, 0.1) is 0 Å². The van der Waals surface area contributed by atoms with Crippen molar-refractivity contribution in [2.45, 2.75) is 25.8 Å². The van der Waals surface area contributed by atoms with Crippen LogP contribution in [0.15, 0.2) is 48.5 Å². The Kier molecular flexibility index (Phi) is 5.30. The van der Waals surface area contributed by atoms with E-state index in [9.17, 15) is 4.79 Å². The average Bonchev–Trinajstić information content (AvgIpc) is 2.63. The van der Waals surface area contributed by atoms with Crippen LogP contribution in [0.5, 0.6) is 0 Å². The number of anilines is 1. The van der Waals surface area contributed by atoms with Gasteiger partial charge in [0, 0.05) is 23.4 Å². The molecule has 0 radical (unpaired) electrons. The van der Waals surface area contributed by atoms with Gasteiger partial charge in [0.25, 0.3) is 5.91 Å². The normalized spacial score (nSPS) is 14.8. The fraction of sp³-hybridized carbons (Fsp3) is 0.286. The Labute approximate surface area is 143 Å². The van der Waals surface area contributed by atoms with Gasteiger partial charge in [-0.15, -0.1) is 6.42 Å². The summed E-state index contributed by atoms with van der Waals surface area (Å²) in [5, 5.41) is 2.89. The number of carbonyl (C=O) groups is 1. The lowest BCUT2D eigenvalue weighted by molar-refractivity contribution is 0.102. The van der Waals surface area contributed by atoms with Crippen molar-refractivity contribution in [2.75, 3.05) is 18.4 Å². The molecule has 1 heterocycles. The molecule has 3 nitrogen and oxygen atoms in total. The minimum Gasteiger partial charge on any atom is -0.322 e. The minimum atomic E-state index is -0.117. The van der Waals surface area contributed by atoms with Gasteiger partial charge in [0.2, 0.25) is 0 Å². The third-order valence-corrected chi connectivity index (χ3v) is 4.36. The first kappa shape index (κ1) is 16.3. The summed E-state index contributed by atoms with van der Waals surface area (Å²) in [6.07, 6.45) is 9.31. The largest absolute Gasteiger partial charge is 0.322 e. The third-order valence-electron chi connectivity index (χ3n) is 4.36. The van der Waals surface area contributed by atoms with E-state index < -0.39 is 0 Å². The number of nitrogens with zero attached hydrogens (tertiary/aromatic N) is 1. The zero-order valence-corrected chi connectivity index (χ0v) is 13.8. The monoisotopic (exact) mass is 318 g/mol. The topological polar surface area (TPSA) is 32.3 Å². The highest BCUT2D eigenvalue weighted by atomic mass is 16.1. The summed E-state index contributed by atoms with van der Waals surface area (Å²) in [6, 6.07) is 15.2. The van der Waals surface area contributed by atoms with Crippen LogP contribution in [0.3, 0.4) is 0 Å². The SMILES string of the molecule is C#Cc1cccc(NC(=O)c2ccc(CN3CCCCC3)cc2)c1. The Morgan fingerprint density at radius 1 is 1.08 bits per heavy atom. The van der Waals surface area contributed by atoms with Crippen LogP contribution in [0.1, 0.15) is 40.7 Å². The van der Waals surface area contributed by atoms with Gasteiger partial charge >= 0.3 is 0 Å². The lowest BCUT2D eigenvalue weighted by atomic mass is 10.1. The van der Waals surface area contributed by atoms with Crippen molar-refractivity contribution in [1.29, 1.82) is 0 Å². The molecule has 1 amide bonds. The molecule has 0 aliphatic carbocycles. The van der Waals surface area contributed by atoms with Crippen molar-refractivity contribution >= 4 is 11.6 Å². The second kappa shape index (κ2) is 7.81. The van der Waals surface area contributed by atoms with Gasteiger partial charge in [0.1, 0.15) is 0 Å². The molecule has 2 aromatic rings.